The second-order valence-corrected chi connectivity index (χ2v) is 7.36. The summed E-state index contributed by atoms with van der Waals surface area (Å²) in [6.07, 6.45) is 6.47. The molecule has 0 spiro atoms. The molecule has 2 amide bonds. The maximum Gasteiger partial charge on any atom is 0.227 e. The first-order valence-electron chi connectivity index (χ1n) is 9.58. The monoisotopic (exact) mass is 365 g/mol. The van der Waals surface area contributed by atoms with Gasteiger partial charge in [0, 0.05) is 36.5 Å². The van der Waals surface area contributed by atoms with Crippen LogP contribution in [0.15, 0.2) is 42.7 Å². The second-order valence-electron chi connectivity index (χ2n) is 7.36. The van der Waals surface area contributed by atoms with Gasteiger partial charge in [0.1, 0.15) is 0 Å². The van der Waals surface area contributed by atoms with Gasteiger partial charge in [-0.2, -0.15) is 0 Å². The van der Waals surface area contributed by atoms with Gasteiger partial charge >= 0.3 is 0 Å². The summed E-state index contributed by atoms with van der Waals surface area (Å²) in [7, 11) is 0. The minimum absolute atomic E-state index is 0.00315. The number of hydrogen-bond acceptors (Lipinski definition) is 3. The number of aromatic nitrogens is 1. The molecular formula is C22H27N3O2. The third-order valence-corrected chi connectivity index (χ3v) is 5.55. The number of aryl methyl sites for hydroxylation is 1. The highest BCUT2D eigenvalue weighted by molar-refractivity contribution is 5.93. The van der Waals surface area contributed by atoms with Crippen molar-refractivity contribution in [1.82, 2.24) is 10.3 Å². The summed E-state index contributed by atoms with van der Waals surface area (Å²) >= 11 is 0. The second kappa shape index (κ2) is 8.80. The van der Waals surface area contributed by atoms with E-state index in [1.54, 1.807) is 12.4 Å². The fraction of sp³-hybridized carbons (Fsp3) is 0.409. The van der Waals surface area contributed by atoms with Crippen molar-refractivity contribution >= 4 is 17.5 Å². The van der Waals surface area contributed by atoms with Gasteiger partial charge in [-0.25, -0.2) is 0 Å². The van der Waals surface area contributed by atoms with Gasteiger partial charge in [0.25, 0.3) is 0 Å². The molecule has 1 saturated carbocycles. The number of nitrogens with one attached hydrogen (secondary N) is 2. The van der Waals surface area contributed by atoms with E-state index in [9.17, 15) is 9.59 Å². The number of carbonyl (C=O) groups excluding carboxylic acids is 2. The Morgan fingerprint density at radius 3 is 2.26 bits per heavy atom. The predicted octanol–water partition coefficient (Wildman–Crippen LogP) is 3.76. The van der Waals surface area contributed by atoms with Crippen LogP contribution in [0.25, 0.3) is 0 Å². The third-order valence-electron chi connectivity index (χ3n) is 5.55. The first-order valence-corrected chi connectivity index (χ1v) is 9.58. The molecule has 1 heterocycles. The number of nitrogens with zero attached hydrogens (tertiary/aromatic N) is 1. The Morgan fingerprint density at radius 1 is 0.963 bits per heavy atom. The summed E-state index contributed by atoms with van der Waals surface area (Å²) < 4.78 is 0. The quantitative estimate of drug-likeness (QED) is 0.847. The SMILES string of the molecule is Cc1cccc(NC(=O)C2CCC(C(=O)NCc3ccncc3)CC2)c1C. The number of hydrogen-bond donors (Lipinski definition) is 2. The van der Waals surface area contributed by atoms with Crippen molar-refractivity contribution in [2.75, 3.05) is 5.32 Å². The lowest BCUT2D eigenvalue weighted by Crippen LogP contribution is -2.35. The number of amides is 2. The average molecular weight is 365 g/mol. The Morgan fingerprint density at radius 2 is 1.59 bits per heavy atom. The summed E-state index contributed by atoms with van der Waals surface area (Å²) in [5.41, 5.74) is 4.20. The summed E-state index contributed by atoms with van der Waals surface area (Å²) in [4.78, 5) is 29.0. The lowest BCUT2D eigenvalue weighted by Gasteiger charge is -2.27. The van der Waals surface area contributed by atoms with E-state index in [0.717, 1.165) is 42.5 Å². The number of pyridine rings is 1. The minimum atomic E-state index is -0.0193. The number of anilines is 1. The van der Waals surface area contributed by atoms with Crippen LogP contribution in [0.5, 0.6) is 0 Å². The fourth-order valence-corrected chi connectivity index (χ4v) is 3.57. The van der Waals surface area contributed by atoms with Gasteiger partial charge in [-0.15, -0.1) is 0 Å². The Balaban J connectivity index is 1.47. The van der Waals surface area contributed by atoms with Crippen LogP contribution in [0, 0.1) is 25.7 Å². The molecular weight excluding hydrogens is 338 g/mol. The molecule has 2 aromatic rings. The average Bonchev–Trinajstić information content (AvgIpc) is 2.70. The zero-order chi connectivity index (χ0) is 19.2. The van der Waals surface area contributed by atoms with Crippen LogP contribution in [0.4, 0.5) is 5.69 Å². The Labute approximate surface area is 160 Å². The topological polar surface area (TPSA) is 71.1 Å². The van der Waals surface area contributed by atoms with Crippen molar-refractivity contribution < 1.29 is 9.59 Å². The zero-order valence-corrected chi connectivity index (χ0v) is 16.0. The molecule has 0 aliphatic heterocycles. The molecule has 2 N–H and O–H groups in total. The van der Waals surface area contributed by atoms with Crippen molar-refractivity contribution in [3.63, 3.8) is 0 Å². The largest absolute Gasteiger partial charge is 0.352 e. The predicted molar refractivity (Wildman–Crippen MR) is 106 cm³/mol. The molecule has 0 unspecified atom stereocenters. The Kier molecular flexibility index (Phi) is 6.22. The van der Waals surface area contributed by atoms with Crippen LogP contribution >= 0.6 is 0 Å². The van der Waals surface area contributed by atoms with E-state index < -0.39 is 0 Å². The molecule has 1 aliphatic carbocycles. The standard InChI is InChI=1S/C22H27N3O2/c1-15-4-3-5-20(16(15)2)25-22(27)19-8-6-18(7-9-19)21(26)24-14-17-10-12-23-13-11-17/h3-5,10-13,18-19H,6-9,14H2,1-2H3,(H,24,26)(H,25,27). The highest BCUT2D eigenvalue weighted by atomic mass is 16.2. The third kappa shape index (κ3) is 4.94. The maximum atomic E-state index is 12.6. The van der Waals surface area contributed by atoms with Gasteiger partial charge in [-0.05, 0) is 74.4 Å². The van der Waals surface area contributed by atoms with Crippen molar-refractivity contribution in [2.45, 2.75) is 46.1 Å². The maximum absolute atomic E-state index is 12.6. The molecule has 5 heteroatoms. The molecule has 1 aliphatic rings. The van der Waals surface area contributed by atoms with E-state index in [0.29, 0.717) is 6.54 Å². The number of benzene rings is 1. The molecule has 27 heavy (non-hydrogen) atoms. The lowest BCUT2D eigenvalue weighted by atomic mass is 9.81. The van der Waals surface area contributed by atoms with Gasteiger partial charge in [-0.1, -0.05) is 12.1 Å². The minimum Gasteiger partial charge on any atom is -0.352 e. The smallest absolute Gasteiger partial charge is 0.227 e. The van der Waals surface area contributed by atoms with Crippen LogP contribution in [-0.4, -0.2) is 16.8 Å². The molecule has 1 fully saturated rings. The van der Waals surface area contributed by atoms with Crippen LogP contribution in [-0.2, 0) is 16.1 Å². The molecule has 142 valence electrons. The molecule has 0 bridgehead atoms. The molecule has 1 aromatic carbocycles. The van der Waals surface area contributed by atoms with Crippen molar-refractivity contribution in [1.29, 1.82) is 0 Å². The van der Waals surface area contributed by atoms with E-state index >= 15 is 0 Å². The van der Waals surface area contributed by atoms with Crippen LogP contribution in [0.2, 0.25) is 0 Å². The van der Waals surface area contributed by atoms with Gasteiger partial charge < -0.3 is 10.6 Å². The molecule has 3 rings (SSSR count). The van der Waals surface area contributed by atoms with E-state index in [1.807, 2.05) is 44.2 Å². The van der Waals surface area contributed by atoms with Crippen molar-refractivity contribution in [3.8, 4) is 0 Å². The summed E-state index contributed by atoms with van der Waals surface area (Å²) in [6, 6.07) is 9.74. The number of carbonyl (C=O) groups is 2. The first-order chi connectivity index (χ1) is 13.0. The fourth-order valence-electron chi connectivity index (χ4n) is 3.57. The summed E-state index contributed by atoms with van der Waals surface area (Å²) in [6.45, 7) is 4.59. The normalized spacial score (nSPS) is 19.3. The van der Waals surface area contributed by atoms with E-state index in [-0.39, 0.29) is 23.7 Å². The van der Waals surface area contributed by atoms with E-state index in [4.69, 9.17) is 0 Å². The summed E-state index contributed by atoms with van der Waals surface area (Å²) in [5, 5.41) is 6.07. The van der Waals surface area contributed by atoms with Gasteiger partial charge in [-0.3, -0.25) is 14.6 Å². The molecule has 5 nitrogen and oxygen atoms in total. The molecule has 0 radical (unpaired) electrons. The number of rotatable bonds is 5. The van der Waals surface area contributed by atoms with Crippen LogP contribution < -0.4 is 10.6 Å². The van der Waals surface area contributed by atoms with Gasteiger partial charge in [0.2, 0.25) is 11.8 Å². The van der Waals surface area contributed by atoms with Gasteiger partial charge in [0.05, 0.1) is 0 Å². The molecule has 0 atom stereocenters. The highest BCUT2D eigenvalue weighted by Crippen LogP contribution is 2.30. The lowest BCUT2D eigenvalue weighted by molar-refractivity contribution is -0.128. The van der Waals surface area contributed by atoms with E-state index in [1.165, 1.54) is 5.56 Å². The van der Waals surface area contributed by atoms with E-state index in [2.05, 4.69) is 15.6 Å². The Hall–Kier alpha value is -2.69. The summed E-state index contributed by atoms with van der Waals surface area (Å²) in [5.74, 6) is 0.130. The van der Waals surface area contributed by atoms with Gasteiger partial charge in [0.15, 0.2) is 0 Å². The first kappa shape index (κ1) is 19.1. The van der Waals surface area contributed by atoms with Crippen LogP contribution in [0.3, 0.4) is 0 Å². The van der Waals surface area contributed by atoms with Crippen molar-refractivity contribution in [2.24, 2.45) is 11.8 Å². The Bertz CT molecular complexity index is 796. The van der Waals surface area contributed by atoms with Crippen LogP contribution in [0.1, 0.15) is 42.4 Å². The highest BCUT2D eigenvalue weighted by Gasteiger charge is 2.30. The molecule has 1 aromatic heterocycles. The van der Waals surface area contributed by atoms with Crippen molar-refractivity contribution in [3.05, 3.63) is 59.4 Å². The zero-order valence-electron chi connectivity index (χ0n) is 16.0. The molecule has 0 saturated heterocycles.